The molecule has 0 amide bonds. The van der Waals surface area contributed by atoms with Gasteiger partial charge in [-0.25, -0.2) is 0 Å². The lowest BCUT2D eigenvalue weighted by Crippen LogP contribution is -2.41. The summed E-state index contributed by atoms with van der Waals surface area (Å²) >= 11 is 0. The topological polar surface area (TPSA) is 45.8 Å². The second kappa shape index (κ2) is 6.30. The van der Waals surface area contributed by atoms with Crippen LogP contribution in [0.15, 0.2) is 12.1 Å². The molecule has 2 fully saturated rings. The molecule has 3 aliphatic rings. The Labute approximate surface area is 138 Å². The van der Waals surface area contributed by atoms with E-state index in [4.69, 9.17) is 9.47 Å². The van der Waals surface area contributed by atoms with Gasteiger partial charge in [-0.3, -0.25) is 10.9 Å². The van der Waals surface area contributed by atoms with E-state index in [9.17, 15) is 0 Å². The monoisotopic (exact) mass is 317 g/mol. The maximum atomic E-state index is 5.52. The first kappa shape index (κ1) is 15.2. The van der Waals surface area contributed by atoms with Crippen LogP contribution in [-0.4, -0.2) is 37.4 Å². The van der Waals surface area contributed by atoms with Gasteiger partial charge >= 0.3 is 0 Å². The highest BCUT2D eigenvalue weighted by Gasteiger charge is 2.37. The number of nitrogens with zero attached hydrogens (tertiary/aromatic N) is 1. The van der Waals surface area contributed by atoms with Crippen LogP contribution in [0.5, 0.6) is 11.5 Å². The molecule has 0 aromatic heterocycles. The fourth-order valence-corrected chi connectivity index (χ4v) is 4.27. The highest BCUT2D eigenvalue weighted by molar-refractivity contribution is 5.48. The summed E-state index contributed by atoms with van der Waals surface area (Å²) in [6, 6.07) is 5.46. The first-order chi connectivity index (χ1) is 11.2. The van der Waals surface area contributed by atoms with Crippen molar-refractivity contribution < 1.29 is 9.47 Å². The zero-order valence-corrected chi connectivity index (χ0v) is 14.1. The van der Waals surface area contributed by atoms with Crippen LogP contribution in [0.1, 0.15) is 36.8 Å². The van der Waals surface area contributed by atoms with Gasteiger partial charge in [0, 0.05) is 25.2 Å². The third kappa shape index (κ3) is 3.05. The lowest BCUT2D eigenvalue weighted by atomic mass is 9.81. The van der Waals surface area contributed by atoms with Gasteiger partial charge in [0.15, 0.2) is 11.5 Å². The molecule has 2 aliphatic heterocycles. The van der Waals surface area contributed by atoms with Gasteiger partial charge in [-0.15, -0.1) is 0 Å². The molecule has 4 rings (SSSR count). The first-order valence-electron chi connectivity index (χ1n) is 8.79. The highest BCUT2D eigenvalue weighted by Crippen LogP contribution is 2.35. The second-order valence-electron chi connectivity index (χ2n) is 7.28. The maximum Gasteiger partial charge on any atom is 0.231 e. The predicted molar refractivity (Wildman–Crippen MR) is 89.4 cm³/mol. The number of rotatable bonds is 4. The van der Waals surface area contributed by atoms with Gasteiger partial charge < -0.3 is 14.4 Å². The number of nitrogens with one attached hydrogen (secondary N) is 2. The molecule has 0 spiro atoms. The third-order valence-corrected chi connectivity index (χ3v) is 5.57. The van der Waals surface area contributed by atoms with E-state index in [2.05, 4.69) is 41.9 Å². The fraction of sp³-hybridized carbons (Fsp3) is 0.667. The van der Waals surface area contributed by atoms with E-state index in [1.54, 1.807) is 0 Å². The summed E-state index contributed by atoms with van der Waals surface area (Å²) < 4.78 is 11.0. The molecule has 1 saturated heterocycles. The molecule has 1 saturated carbocycles. The Morgan fingerprint density at radius 3 is 2.78 bits per heavy atom. The van der Waals surface area contributed by atoms with Gasteiger partial charge in [0.05, 0.1) is 0 Å². The molecule has 1 aliphatic carbocycles. The van der Waals surface area contributed by atoms with E-state index >= 15 is 0 Å². The van der Waals surface area contributed by atoms with E-state index in [0.29, 0.717) is 18.9 Å². The molecule has 0 bridgehead atoms. The van der Waals surface area contributed by atoms with Gasteiger partial charge in [0.25, 0.3) is 0 Å². The Bertz CT molecular complexity index is 578. The fourth-order valence-electron chi connectivity index (χ4n) is 4.27. The van der Waals surface area contributed by atoms with Gasteiger partial charge in [-0.2, -0.15) is 0 Å². The number of aryl methyl sites for hydroxylation is 1. The Morgan fingerprint density at radius 2 is 1.91 bits per heavy atom. The van der Waals surface area contributed by atoms with Crippen molar-refractivity contribution >= 4 is 0 Å². The number of hydrogen-bond acceptors (Lipinski definition) is 5. The molecule has 3 atom stereocenters. The van der Waals surface area contributed by atoms with Crippen molar-refractivity contribution in [3.63, 3.8) is 0 Å². The van der Waals surface area contributed by atoms with E-state index in [-0.39, 0.29) is 0 Å². The molecule has 126 valence electrons. The smallest absolute Gasteiger partial charge is 0.231 e. The molecule has 1 aromatic carbocycles. The number of likely N-dealkylation sites (N-methyl/N-ethyl adjacent to an activating group) is 1. The van der Waals surface area contributed by atoms with E-state index in [1.165, 1.54) is 36.8 Å². The van der Waals surface area contributed by atoms with E-state index < -0.39 is 0 Å². The highest BCUT2D eigenvalue weighted by atomic mass is 16.7. The van der Waals surface area contributed by atoms with Crippen molar-refractivity contribution in [3.8, 4) is 11.5 Å². The summed E-state index contributed by atoms with van der Waals surface area (Å²) in [5.41, 5.74) is 9.64. The van der Waals surface area contributed by atoms with Crippen LogP contribution < -0.4 is 20.3 Å². The lowest BCUT2D eigenvalue weighted by Gasteiger charge is -2.29. The molecule has 23 heavy (non-hydrogen) atoms. The SMILES string of the molecule is Cc1cc2c(cc1CN(C)CC1NNC3CCCCC31)OCO2. The summed E-state index contributed by atoms with van der Waals surface area (Å²) in [7, 11) is 2.21. The van der Waals surface area contributed by atoms with Crippen LogP contribution in [0.3, 0.4) is 0 Å². The molecule has 0 radical (unpaired) electrons. The number of fused-ring (bicyclic) bond motifs is 2. The summed E-state index contributed by atoms with van der Waals surface area (Å²) in [6.07, 6.45) is 5.42. The minimum Gasteiger partial charge on any atom is -0.454 e. The zero-order chi connectivity index (χ0) is 15.8. The number of hydrazine groups is 1. The summed E-state index contributed by atoms with van der Waals surface area (Å²) in [4.78, 5) is 2.42. The first-order valence-corrected chi connectivity index (χ1v) is 8.79. The lowest BCUT2D eigenvalue weighted by molar-refractivity contribution is 0.174. The van der Waals surface area contributed by atoms with Gasteiger partial charge in [-0.05, 0) is 56.0 Å². The van der Waals surface area contributed by atoms with Crippen molar-refractivity contribution in [3.05, 3.63) is 23.3 Å². The van der Waals surface area contributed by atoms with Gasteiger partial charge in [-0.1, -0.05) is 12.8 Å². The van der Waals surface area contributed by atoms with Crippen LogP contribution in [0, 0.1) is 12.8 Å². The third-order valence-electron chi connectivity index (χ3n) is 5.57. The molecule has 5 heteroatoms. The average molecular weight is 317 g/mol. The maximum absolute atomic E-state index is 5.52. The van der Waals surface area contributed by atoms with Crippen molar-refractivity contribution in [1.29, 1.82) is 0 Å². The van der Waals surface area contributed by atoms with E-state index in [1.807, 2.05) is 0 Å². The summed E-state index contributed by atoms with van der Waals surface area (Å²) in [5, 5.41) is 0. The largest absolute Gasteiger partial charge is 0.454 e. The summed E-state index contributed by atoms with van der Waals surface area (Å²) in [5.74, 6) is 2.54. The van der Waals surface area contributed by atoms with Gasteiger partial charge in [0.1, 0.15) is 0 Å². The minimum absolute atomic E-state index is 0.342. The molecule has 3 unspecified atom stereocenters. The van der Waals surface area contributed by atoms with Crippen LogP contribution in [0.2, 0.25) is 0 Å². The minimum atomic E-state index is 0.342. The van der Waals surface area contributed by atoms with Crippen LogP contribution >= 0.6 is 0 Å². The Morgan fingerprint density at radius 1 is 1.13 bits per heavy atom. The van der Waals surface area contributed by atoms with Crippen LogP contribution in [0.4, 0.5) is 0 Å². The standard InChI is InChI=1S/C18H27N3O2/c1-12-7-17-18(23-11-22-17)8-13(12)9-21(2)10-16-14-5-3-4-6-15(14)19-20-16/h7-8,14-16,19-20H,3-6,9-11H2,1-2H3. The van der Waals surface area contributed by atoms with Gasteiger partial charge in [0.2, 0.25) is 6.79 Å². The van der Waals surface area contributed by atoms with E-state index in [0.717, 1.165) is 30.5 Å². The predicted octanol–water partition coefficient (Wildman–Crippen LogP) is 2.19. The Balaban J connectivity index is 1.39. The molecular formula is C18H27N3O2. The quantitative estimate of drug-likeness (QED) is 0.891. The normalized spacial score (nSPS) is 29.1. The number of hydrogen-bond donors (Lipinski definition) is 2. The Hall–Kier alpha value is -1.30. The second-order valence-corrected chi connectivity index (χ2v) is 7.28. The molecule has 1 aromatic rings. The Kier molecular flexibility index (Phi) is 4.18. The molecule has 2 heterocycles. The van der Waals surface area contributed by atoms with Crippen LogP contribution in [-0.2, 0) is 6.54 Å². The number of ether oxygens (including phenoxy) is 2. The van der Waals surface area contributed by atoms with Crippen molar-refractivity contribution in [2.45, 2.75) is 51.2 Å². The van der Waals surface area contributed by atoms with Crippen molar-refractivity contribution in [2.75, 3.05) is 20.4 Å². The van der Waals surface area contributed by atoms with Crippen molar-refractivity contribution in [2.24, 2.45) is 5.92 Å². The molecule has 5 nitrogen and oxygen atoms in total. The molecule has 2 N–H and O–H groups in total. The summed E-state index contributed by atoms with van der Waals surface area (Å²) in [6.45, 7) is 4.51. The number of benzene rings is 1. The molecular weight excluding hydrogens is 290 g/mol. The van der Waals surface area contributed by atoms with Crippen LogP contribution in [0.25, 0.3) is 0 Å². The van der Waals surface area contributed by atoms with Crippen molar-refractivity contribution in [1.82, 2.24) is 15.8 Å². The average Bonchev–Trinajstić information content (AvgIpc) is 3.15. The zero-order valence-electron chi connectivity index (χ0n) is 14.1.